The zero-order valence-corrected chi connectivity index (χ0v) is 17.8. The second kappa shape index (κ2) is 8.10. The van der Waals surface area contributed by atoms with Crippen molar-refractivity contribution in [2.75, 3.05) is 18.4 Å². The van der Waals surface area contributed by atoms with Crippen LogP contribution >= 0.6 is 22.9 Å². The molecular weight excluding hydrogens is 418 g/mol. The molecule has 0 bridgehead atoms. The van der Waals surface area contributed by atoms with Crippen LogP contribution in [-0.2, 0) is 22.9 Å². The van der Waals surface area contributed by atoms with Gasteiger partial charge in [-0.1, -0.05) is 18.0 Å². The monoisotopic (exact) mass is 439 g/mol. The van der Waals surface area contributed by atoms with Gasteiger partial charge < -0.3 is 0 Å². The second-order valence-corrected chi connectivity index (χ2v) is 10.6. The molecule has 28 heavy (non-hydrogen) atoms. The molecule has 6 nitrogen and oxygen atoms in total. The van der Waals surface area contributed by atoms with Crippen molar-refractivity contribution in [3.63, 3.8) is 0 Å². The predicted molar refractivity (Wildman–Crippen MR) is 111 cm³/mol. The third-order valence-corrected chi connectivity index (χ3v) is 8.65. The Kier molecular flexibility index (Phi) is 5.73. The Morgan fingerprint density at radius 2 is 1.86 bits per heavy atom. The lowest BCUT2D eigenvalue weighted by Crippen LogP contribution is -2.35. The first-order valence-electron chi connectivity index (χ1n) is 9.55. The molecule has 2 heterocycles. The summed E-state index contributed by atoms with van der Waals surface area (Å²) >= 11 is 7.68. The Bertz CT molecular complexity index is 974. The highest BCUT2D eigenvalue weighted by Gasteiger charge is 2.29. The second-order valence-electron chi connectivity index (χ2n) is 7.16. The van der Waals surface area contributed by atoms with E-state index in [0.717, 1.165) is 50.6 Å². The van der Waals surface area contributed by atoms with Gasteiger partial charge in [-0.2, -0.15) is 4.31 Å². The van der Waals surface area contributed by atoms with Gasteiger partial charge in [0.2, 0.25) is 10.0 Å². The number of nitrogens with one attached hydrogen (secondary N) is 1. The molecule has 0 unspecified atom stereocenters. The van der Waals surface area contributed by atoms with Gasteiger partial charge in [0.1, 0.15) is 4.90 Å². The number of hydrogen-bond donors (Lipinski definition) is 1. The van der Waals surface area contributed by atoms with E-state index in [2.05, 4.69) is 10.3 Å². The number of carbonyl (C=O) groups is 1. The van der Waals surface area contributed by atoms with Gasteiger partial charge in [0, 0.05) is 23.5 Å². The molecule has 0 saturated carbocycles. The molecule has 4 rings (SSSR count). The SMILES string of the molecule is O=C(Nc1nc2c(s1)CCCC2)c1ccc(Cl)c(S(=O)(=O)N2CCCCC2)c1. The fraction of sp³-hybridized carbons (Fsp3) is 0.474. The number of aromatic nitrogens is 1. The van der Waals surface area contributed by atoms with Gasteiger partial charge in [0.25, 0.3) is 5.91 Å². The highest BCUT2D eigenvalue weighted by atomic mass is 35.5. The van der Waals surface area contributed by atoms with Gasteiger partial charge in [0.15, 0.2) is 5.13 Å². The summed E-state index contributed by atoms with van der Waals surface area (Å²) < 4.78 is 27.4. The van der Waals surface area contributed by atoms with E-state index in [1.807, 2.05) is 0 Å². The summed E-state index contributed by atoms with van der Waals surface area (Å²) in [7, 11) is -3.72. The fourth-order valence-corrected chi connectivity index (χ4v) is 6.72. The molecule has 1 amide bonds. The lowest BCUT2D eigenvalue weighted by molar-refractivity contribution is 0.102. The Morgan fingerprint density at radius 1 is 1.11 bits per heavy atom. The van der Waals surface area contributed by atoms with Crippen molar-refractivity contribution in [1.82, 2.24) is 9.29 Å². The van der Waals surface area contributed by atoms with E-state index in [1.165, 1.54) is 32.7 Å². The highest BCUT2D eigenvalue weighted by molar-refractivity contribution is 7.89. The van der Waals surface area contributed by atoms with Crippen molar-refractivity contribution < 1.29 is 13.2 Å². The maximum absolute atomic E-state index is 13.0. The molecule has 1 aliphatic heterocycles. The van der Waals surface area contributed by atoms with Gasteiger partial charge in [-0.3, -0.25) is 10.1 Å². The van der Waals surface area contributed by atoms with Crippen LogP contribution in [0.1, 0.15) is 53.0 Å². The number of thiazole rings is 1. The van der Waals surface area contributed by atoms with Gasteiger partial charge in [0.05, 0.1) is 10.7 Å². The Balaban J connectivity index is 1.57. The van der Waals surface area contributed by atoms with Crippen LogP contribution in [-0.4, -0.2) is 36.7 Å². The summed E-state index contributed by atoms with van der Waals surface area (Å²) in [5.41, 5.74) is 1.32. The van der Waals surface area contributed by atoms with Crippen LogP contribution < -0.4 is 5.32 Å². The number of hydrogen-bond acceptors (Lipinski definition) is 5. The van der Waals surface area contributed by atoms with Crippen LogP contribution in [0.5, 0.6) is 0 Å². The zero-order chi connectivity index (χ0) is 19.7. The maximum Gasteiger partial charge on any atom is 0.257 e. The first-order valence-corrected chi connectivity index (χ1v) is 12.2. The number of anilines is 1. The summed E-state index contributed by atoms with van der Waals surface area (Å²) in [6, 6.07) is 4.38. The number of fused-ring (bicyclic) bond motifs is 1. The lowest BCUT2D eigenvalue weighted by atomic mass is 10.0. The van der Waals surface area contributed by atoms with Gasteiger partial charge >= 0.3 is 0 Å². The quantitative estimate of drug-likeness (QED) is 0.777. The van der Waals surface area contributed by atoms with Crippen LogP contribution in [0.25, 0.3) is 0 Å². The van der Waals surface area contributed by atoms with Crippen molar-refractivity contribution in [2.45, 2.75) is 49.8 Å². The molecule has 0 spiro atoms. The minimum atomic E-state index is -3.72. The number of benzene rings is 1. The molecule has 1 aromatic carbocycles. The van der Waals surface area contributed by atoms with Crippen LogP contribution in [0.4, 0.5) is 5.13 Å². The summed E-state index contributed by atoms with van der Waals surface area (Å²) in [4.78, 5) is 18.4. The maximum atomic E-state index is 13.0. The van der Waals surface area contributed by atoms with Crippen molar-refractivity contribution >= 4 is 44.0 Å². The molecule has 2 aliphatic rings. The number of halogens is 1. The molecule has 1 aliphatic carbocycles. The third-order valence-electron chi connectivity index (χ3n) is 5.19. The predicted octanol–water partition coefficient (Wildman–Crippen LogP) is 4.10. The summed E-state index contributed by atoms with van der Waals surface area (Å²) in [6.45, 7) is 0.972. The molecule has 1 aromatic heterocycles. The lowest BCUT2D eigenvalue weighted by Gasteiger charge is -2.26. The largest absolute Gasteiger partial charge is 0.298 e. The molecule has 9 heteroatoms. The average Bonchev–Trinajstić information content (AvgIpc) is 3.11. The van der Waals surface area contributed by atoms with Gasteiger partial charge in [-0.25, -0.2) is 13.4 Å². The molecule has 0 radical (unpaired) electrons. The third kappa shape index (κ3) is 3.96. The van der Waals surface area contributed by atoms with Crippen LogP contribution in [0.3, 0.4) is 0 Å². The molecular formula is C19H22ClN3O3S2. The Morgan fingerprint density at radius 3 is 2.61 bits per heavy atom. The topological polar surface area (TPSA) is 79.4 Å². The van der Waals surface area contributed by atoms with Gasteiger partial charge in [-0.05, 0) is 56.7 Å². The number of carbonyl (C=O) groups excluding carboxylic acids is 1. The molecule has 1 fully saturated rings. The summed E-state index contributed by atoms with van der Waals surface area (Å²) in [6.07, 6.45) is 6.93. The van der Waals surface area contributed by atoms with Crippen LogP contribution in [0.2, 0.25) is 5.02 Å². The number of aryl methyl sites for hydroxylation is 2. The van der Waals surface area contributed by atoms with Crippen LogP contribution in [0.15, 0.2) is 23.1 Å². The first kappa shape index (κ1) is 19.8. The van der Waals surface area contributed by atoms with Crippen molar-refractivity contribution in [2.24, 2.45) is 0 Å². The zero-order valence-electron chi connectivity index (χ0n) is 15.4. The summed E-state index contributed by atoms with van der Waals surface area (Å²) in [5, 5.41) is 3.50. The van der Waals surface area contributed by atoms with Crippen molar-refractivity contribution in [3.8, 4) is 0 Å². The van der Waals surface area contributed by atoms with Crippen molar-refractivity contribution in [3.05, 3.63) is 39.4 Å². The minimum absolute atomic E-state index is 0.0119. The number of piperidine rings is 1. The summed E-state index contributed by atoms with van der Waals surface area (Å²) in [5.74, 6) is -0.377. The van der Waals surface area contributed by atoms with E-state index in [0.29, 0.717) is 18.2 Å². The van der Waals surface area contributed by atoms with E-state index in [4.69, 9.17) is 11.6 Å². The van der Waals surface area contributed by atoms with E-state index >= 15 is 0 Å². The standard InChI is InChI=1S/C19H22ClN3O3S2/c20-14-9-8-13(12-17(14)28(25,26)23-10-4-1-5-11-23)18(24)22-19-21-15-6-2-3-7-16(15)27-19/h8-9,12H,1-7,10-11H2,(H,21,22,24). The van der Waals surface area contributed by atoms with Gasteiger partial charge in [-0.15, -0.1) is 11.3 Å². The number of rotatable bonds is 4. The first-order chi connectivity index (χ1) is 13.4. The Labute approximate surface area is 174 Å². The fourth-order valence-electron chi connectivity index (χ4n) is 3.66. The molecule has 1 N–H and O–H groups in total. The molecule has 150 valence electrons. The average molecular weight is 440 g/mol. The minimum Gasteiger partial charge on any atom is -0.298 e. The number of amides is 1. The molecule has 1 saturated heterocycles. The van der Waals surface area contributed by atoms with Crippen LogP contribution in [0, 0.1) is 0 Å². The highest BCUT2D eigenvalue weighted by Crippen LogP contribution is 2.31. The molecule has 0 atom stereocenters. The number of sulfonamides is 1. The smallest absolute Gasteiger partial charge is 0.257 e. The number of nitrogens with zero attached hydrogens (tertiary/aromatic N) is 2. The van der Waals surface area contributed by atoms with E-state index in [1.54, 1.807) is 6.07 Å². The molecule has 2 aromatic rings. The Hall–Kier alpha value is -1.48. The van der Waals surface area contributed by atoms with E-state index < -0.39 is 10.0 Å². The van der Waals surface area contributed by atoms with E-state index in [-0.39, 0.29) is 21.4 Å². The van der Waals surface area contributed by atoms with E-state index in [9.17, 15) is 13.2 Å². The normalized spacial score (nSPS) is 17.9. The van der Waals surface area contributed by atoms with Crippen molar-refractivity contribution in [1.29, 1.82) is 0 Å².